The minimum atomic E-state index is -1.27. The van der Waals surface area contributed by atoms with Crippen molar-refractivity contribution in [2.45, 2.75) is 53.1 Å². The lowest BCUT2D eigenvalue weighted by Crippen LogP contribution is -2.39. The Bertz CT molecular complexity index is 604. The summed E-state index contributed by atoms with van der Waals surface area (Å²) in [5.74, 6) is -1.56. The fraction of sp³-hybridized carbons (Fsp3) is 0.533. The first-order chi connectivity index (χ1) is 9.77. The molecule has 1 aromatic heterocycles. The van der Waals surface area contributed by atoms with Crippen LogP contribution in [0.3, 0.4) is 0 Å². The number of carbonyl (C=O) groups excluding carboxylic acids is 1. The van der Waals surface area contributed by atoms with Crippen LogP contribution in [0.4, 0.5) is 0 Å². The lowest BCUT2D eigenvalue weighted by atomic mass is 10.1. The third kappa shape index (κ3) is 4.18. The van der Waals surface area contributed by atoms with Crippen molar-refractivity contribution in [2.24, 2.45) is 0 Å². The summed E-state index contributed by atoms with van der Waals surface area (Å²) in [5, 5.41) is 11.9. The van der Waals surface area contributed by atoms with Gasteiger partial charge in [0.05, 0.1) is 0 Å². The van der Waals surface area contributed by atoms with Gasteiger partial charge in [-0.15, -0.1) is 0 Å². The zero-order valence-corrected chi connectivity index (χ0v) is 12.9. The Kier molecular flexibility index (Phi) is 5.69. The van der Waals surface area contributed by atoms with Crippen molar-refractivity contribution in [1.82, 2.24) is 9.88 Å². The molecule has 1 heterocycles. The molecule has 0 aromatic carbocycles. The molecule has 0 aliphatic heterocycles. The smallest absolute Gasteiger partial charge is 0.341 e. The quantitative estimate of drug-likeness (QED) is 0.831. The molecule has 6 nitrogen and oxygen atoms in total. The van der Waals surface area contributed by atoms with Gasteiger partial charge in [-0.25, -0.2) is 4.79 Å². The van der Waals surface area contributed by atoms with E-state index in [1.807, 2.05) is 13.8 Å². The SMILES string of the molecule is CCCC(C)NC(=O)Cn1c(C)cc(C)c(C(=O)O)c1=O. The molecule has 2 N–H and O–H groups in total. The van der Waals surface area contributed by atoms with Gasteiger partial charge in [0.2, 0.25) is 5.91 Å². The number of aromatic carboxylic acids is 1. The molecule has 0 aliphatic carbocycles. The van der Waals surface area contributed by atoms with Gasteiger partial charge in [0.15, 0.2) is 0 Å². The molecule has 0 bridgehead atoms. The Balaban J connectivity index is 3.04. The summed E-state index contributed by atoms with van der Waals surface area (Å²) in [6.45, 7) is 7.01. The molecule has 1 aromatic rings. The maximum absolute atomic E-state index is 12.2. The van der Waals surface area contributed by atoms with Gasteiger partial charge in [0.25, 0.3) is 5.56 Å². The lowest BCUT2D eigenvalue weighted by Gasteiger charge is -2.16. The Morgan fingerprint density at radius 2 is 2.00 bits per heavy atom. The number of pyridine rings is 1. The number of carboxylic acids is 1. The van der Waals surface area contributed by atoms with Crippen LogP contribution >= 0.6 is 0 Å². The van der Waals surface area contributed by atoms with Crippen LogP contribution in [0, 0.1) is 13.8 Å². The van der Waals surface area contributed by atoms with Crippen LogP contribution in [-0.2, 0) is 11.3 Å². The Hall–Kier alpha value is -2.11. The second-order valence-electron chi connectivity index (χ2n) is 5.30. The molecule has 1 atom stereocenters. The van der Waals surface area contributed by atoms with E-state index in [9.17, 15) is 14.4 Å². The number of amides is 1. The number of aromatic nitrogens is 1. The molecule has 0 saturated carbocycles. The third-order valence-corrected chi connectivity index (χ3v) is 3.35. The van der Waals surface area contributed by atoms with Crippen LogP contribution in [0.25, 0.3) is 0 Å². The Labute approximate surface area is 123 Å². The van der Waals surface area contributed by atoms with Crippen molar-refractivity contribution >= 4 is 11.9 Å². The second-order valence-corrected chi connectivity index (χ2v) is 5.30. The highest BCUT2D eigenvalue weighted by Gasteiger charge is 2.18. The van der Waals surface area contributed by atoms with E-state index in [0.717, 1.165) is 12.8 Å². The van der Waals surface area contributed by atoms with Crippen molar-refractivity contribution in [1.29, 1.82) is 0 Å². The molecule has 0 saturated heterocycles. The van der Waals surface area contributed by atoms with E-state index in [4.69, 9.17) is 5.11 Å². The van der Waals surface area contributed by atoms with Crippen molar-refractivity contribution in [3.63, 3.8) is 0 Å². The summed E-state index contributed by atoms with van der Waals surface area (Å²) in [7, 11) is 0. The van der Waals surface area contributed by atoms with Gasteiger partial charge in [-0.05, 0) is 38.8 Å². The summed E-state index contributed by atoms with van der Waals surface area (Å²) in [5.41, 5.74) is 0.0510. The number of hydrogen-bond donors (Lipinski definition) is 2. The fourth-order valence-electron chi connectivity index (χ4n) is 2.35. The first kappa shape index (κ1) is 16.9. The zero-order valence-electron chi connectivity index (χ0n) is 12.9. The number of nitrogens with one attached hydrogen (secondary N) is 1. The number of carbonyl (C=O) groups is 2. The molecule has 0 spiro atoms. The predicted octanol–water partition coefficient (Wildman–Crippen LogP) is 1.47. The van der Waals surface area contributed by atoms with E-state index in [-0.39, 0.29) is 24.1 Å². The fourth-order valence-corrected chi connectivity index (χ4v) is 2.35. The molecule has 1 amide bonds. The minimum absolute atomic E-state index is 0.0305. The predicted molar refractivity (Wildman–Crippen MR) is 79.6 cm³/mol. The van der Waals surface area contributed by atoms with Crippen LogP contribution < -0.4 is 10.9 Å². The van der Waals surface area contributed by atoms with Gasteiger partial charge in [-0.3, -0.25) is 9.59 Å². The van der Waals surface area contributed by atoms with Crippen molar-refractivity contribution in [3.05, 3.63) is 33.2 Å². The summed E-state index contributed by atoms with van der Waals surface area (Å²) >= 11 is 0. The molecule has 0 radical (unpaired) electrons. The third-order valence-electron chi connectivity index (χ3n) is 3.35. The normalized spacial score (nSPS) is 12.0. The van der Waals surface area contributed by atoms with E-state index >= 15 is 0 Å². The summed E-state index contributed by atoms with van der Waals surface area (Å²) in [6.07, 6.45) is 1.81. The number of nitrogens with zero attached hydrogens (tertiary/aromatic N) is 1. The van der Waals surface area contributed by atoms with Gasteiger partial charge in [-0.2, -0.15) is 0 Å². The molecule has 1 rings (SSSR count). The first-order valence-electron chi connectivity index (χ1n) is 7.01. The molecule has 1 unspecified atom stereocenters. The van der Waals surface area contributed by atoms with E-state index in [1.54, 1.807) is 19.9 Å². The van der Waals surface area contributed by atoms with Gasteiger partial charge in [0.1, 0.15) is 12.1 Å². The first-order valence-corrected chi connectivity index (χ1v) is 7.01. The Morgan fingerprint density at radius 3 is 2.52 bits per heavy atom. The van der Waals surface area contributed by atoms with Crippen LogP contribution in [0.5, 0.6) is 0 Å². The second kappa shape index (κ2) is 7.06. The molecular weight excluding hydrogens is 272 g/mol. The Morgan fingerprint density at radius 1 is 1.38 bits per heavy atom. The van der Waals surface area contributed by atoms with Crippen molar-refractivity contribution in [2.75, 3.05) is 0 Å². The van der Waals surface area contributed by atoms with Crippen LogP contribution in [0.2, 0.25) is 0 Å². The molecule has 6 heteroatoms. The maximum atomic E-state index is 12.2. The van der Waals surface area contributed by atoms with Crippen LogP contribution in [-0.4, -0.2) is 27.6 Å². The largest absolute Gasteiger partial charge is 0.477 e. The average Bonchev–Trinajstić information content (AvgIpc) is 2.33. The molecule has 21 heavy (non-hydrogen) atoms. The molecule has 0 aliphatic rings. The number of aryl methyl sites for hydroxylation is 2. The van der Waals surface area contributed by atoms with E-state index in [0.29, 0.717) is 11.3 Å². The topological polar surface area (TPSA) is 88.4 Å². The standard InChI is InChI=1S/C15H22N2O4/c1-5-6-10(3)16-12(18)8-17-11(4)7-9(2)13(14(17)19)15(20)21/h7,10H,5-6,8H2,1-4H3,(H,16,18)(H,20,21). The van der Waals surface area contributed by atoms with Crippen LogP contribution in [0.15, 0.2) is 10.9 Å². The maximum Gasteiger partial charge on any atom is 0.341 e. The van der Waals surface area contributed by atoms with Gasteiger partial charge >= 0.3 is 5.97 Å². The van der Waals surface area contributed by atoms with E-state index in [1.165, 1.54) is 4.57 Å². The molecular formula is C15H22N2O4. The van der Waals surface area contributed by atoms with Gasteiger partial charge in [-0.1, -0.05) is 13.3 Å². The highest BCUT2D eigenvalue weighted by Crippen LogP contribution is 2.06. The minimum Gasteiger partial charge on any atom is -0.477 e. The lowest BCUT2D eigenvalue weighted by molar-refractivity contribution is -0.122. The number of hydrogen-bond acceptors (Lipinski definition) is 3. The number of carboxylic acid groups (broad SMARTS) is 1. The van der Waals surface area contributed by atoms with Gasteiger partial charge in [0, 0.05) is 11.7 Å². The van der Waals surface area contributed by atoms with E-state index in [2.05, 4.69) is 5.32 Å². The highest BCUT2D eigenvalue weighted by molar-refractivity contribution is 5.89. The zero-order chi connectivity index (χ0) is 16.2. The van der Waals surface area contributed by atoms with Crippen LogP contribution in [0.1, 0.15) is 48.3 Å². The van der Waals surface area contributed by atoms with E-state index < -0.39 is 11.5 Å². The average molecular weight is 294 g/mol. The molecule has 116 valence electrons. The summed E-state index contributed by atoms with van der Waals surface area (Å²) in [4.78, 5) is 35.3. The van der Waals surface area contributed by atoms with Crippen molar-refractivity contribution < 1.29 is 14.7 Å². The summed E-state index contributed by atoms with van der Waals surface area (Å²) < 4.78 is 1.20. The van der Waals surface area contributed by atoms with Gasteiger partial charge < -0.3 is 15.0 Å². The van der Waals surface area contributed by atoms with Crippen molar-refractivity contribution in [3.8, 4) is 0 Å². The summed E-state index contributed by atoms with van der Waals surface area (Å²) in [6, 6.07) is 1.64. The highest BCUT2D eigenvalue weighted by atomic mass is 16.4. The monoisotopic (exact) mass is 294 g/mol. The number of rotatable bonds is 6. The molecule has 0 fully saturated rings.